The van der Waals surface area contributed by atoms with E-state index in [4.69, 9.17) is 9.47 Å². The Bertz CT molecular complexity index is 927. The van der Waals surface area contributed by atoms with Gasteiger partial charge in [0.1, 0.15) is 30.6 Å². The molecule has 0 N–H and O–H groups in total. The number of rotatable bonds is 1. The van der Waals surface area contributed by atoms with E-state index < -0.39 is 0 Å². The molecule has 1 aromatic carbocycles. The highest BCUT2D eigenvalue weighted by Gasteiger charge is 2.18. The lowest BCUT2D eigenvalue weighted by molar-refractivity contribution is 0.171. The topological polar surface area (TPSA) is 59.5 Å². The monoisotopic (exact) mass is 355 g/mol. The first-order chi connectivity index (χ1) is 10.8. The number of hydrogen-bond acceptors (Lipinski definition) is 4. The lowest BCUT2D eigenvalue weighted by Gasteiger charge is -2.18. The molecule has 3 aromatic rings. The smallest absolute Gasteiger partial charge is 0.162 e. The number of hydrogen-bond donors (Lipinski definition) is 0. The Balaban J connectivity index is 1.92. The molecule has 0 bridgehead atoms. The van der Waals surface area contributed by atoms with Gasteiger partial charge in [0.25, 0.3) is 0 Å². The van der Waals surface area contributed by atoms with Crippen LogP contribution < -0.4 is 9.47 Å². The van der Waals surface area contributed by atoms with Crippen molar-refractivity contribution in [3.8, 4) is 28.8 Å². The molecule has 0 radical (unpaired) electrons. The predicted octanol–water partition coefficient (Wildman–Crippen LogP) is 3.41. The molecule has 0 saturated carbocycles. The molecule has 0 amide bonds. The van der Waals surface area contributed by atoms with Crippen molar-refractivity contribution < 1.29 is 9.47 Å². The fourth-order valence-electron chi connectivity index (χ4n) is 2.52. The van der Waals surface area contributed by atoms with Gasteiger partial charge in [-0.1, -0.05) is 0 Å². The van der Waals surface area contributed by atoms with E-state index in [0.717, 1.165) is 21.4 Å². The lowest BCUT2D eigenvalue weighted by atomic mass is 10.1. The van der Waals surface area contributed by atoms with Gasteiger partial charge in [-0.3, -0.25) is 4.40 Å². The molecule has 4 rings (SSSR count). The second-order valence-corrected chi connectivity index (χ2v) is 5.77. The molecule has 0 atom stereocenters. The van der Waals surface area contributed by atoms with Gasteiger partial charge >= 0.3 is 0 Å². The summed E-state index contributed by atoms with van der Waals surface area (Å²) in [6.07, 6.45) is 1.84. The van der Waals surface area contributed by atoms with E-state index >= 15 is 0 Å². The molecule has 5 nitrogen and oxygen atoms in total. The SMILES string of the molecule is N#Cc1c(-c2ccc3c(c2)OCCO3)nc2ccc(Br)cn12. The highest BCUT2D eigenvalue weighted by Crippen LogP contribution is 2.35. The number of pyridine rings is 1. The first-order valence-electron chi connectivity index (χ1n) is 6.74. The molecule has 0 spiro atoms. The van der Waals surface area contributed by atoms with Crippen LogP contribution in [0.25, 0.3) is 16.9 Å². The maximum atomic E-state index is 9.51. The van der Waals surface area contributed by atoms with Crippen molar-refractivity contribution in [1.29, 1.82) is 5.26 Å². The summed E-state index contributed by atoms with van der Waals surface area (Å²) >= 11 is 3.42. The van der Waals surface area contributed by atoms with Crippen molar-refractivity contribution in [2.24, 2.45) is 0 Å². The second-order valence-electron chi connectivity index (χ2n) is 4.85. The molecule has 6 heteroatoms. The molecule has 108 valence electrons. The quantitative estimate of drug-likeness (QED) is 0.671. The minimum Gasteiger partial charge on any atom is -0.486 e. The molecule has 1 aliphatic rings. The standard InChI is InChI=1S/C16H10BrN3O2/c17-11-2-4-15-19-16(12(8-18)20(15)9-11)10-1-3-13-14(7-10)22-6-5-21-13/h1-4,7,9H,5-6H2. The van der Waals surface area contributed by atoms with Gasteiger partial charge < -0.3 is 9.47 Å². The average molecular weight is 356 g/mol. The summed E-state index contributed by atoms with van der Waals surface area (Å²) in [5.41, 5.74) is 2.69. The van der Waals surface area contributed by atoms with E-state index in [0.29, 0.717) is 30.4 Å². The lowest BCUT2D eigenvalue weighted by Crippen LogP contribution is -2.15. The Kier molecular flexibility index (Phi) is 3.01. The zero-order valence-corrected chi connectivity index (χ0v) is 13.0. The molecule has 3 heterocycles. The summed E-state index contributed by atoms with van der Waals surface area (Å²) in [7, 11) is 0. The summed E-state index contributed by atoms with van der Waals surface area (Å²) in [4.78, 5) is 4.57. The van der Waals surface area contributed by atoms with E-state index in [9.17, 15) is 5.26 Å². The van der Waals surface area contributed by atoms with Gasteiger partial charge in [-0.05, 0) is 46.3 Å². The van der Waals surface area contributed by atoms with Crippen LogP contribution in [0, 0.1) is 11.3 Å². The van der Waals surface area contributed by atoms with Gasteiger partial charge in [0.05, 0.1) is 0 Å². The van der Waals surface area contributed by atoms with Crippen molar-refractivity contribution in [1.82, 2.24) is 9.38 Å². The van der Waals surface area contributed by atoms with Crippen LogP contribution in [0.15, 0.2) is 41.0 Å². The summed E-state index contributed by atoms with van der Waals surface area (Å²) in [5.74, 6) is 1.41. The third-order valence-corrected chi connectivity index (χ3v) is 3.97. The third kappa shape index (κ3) is 2.02. The van der Waals surface area contributed by atoms with E-state index in [-0.39, 0.29) is 0 Å². The fourth-order valence-corrected chi connectivity index (χ4v) is 2.85. The van der Waals surface area contributed by atoms with Crippen molar-refractivity contribution in [3.05, 3.63) is 46.7 Å². The summed E-state index contributed by atoms with van der Waals surface area (Å²) in [5, 5.41) is 9.51. The van der Waals surface area contributed by atoms with Crippen molar-refractivity contribution in [3.63, 3.8) is 0 Å². The first-order valence-corrected chi connectivity index (χ1v) is 7.53. The van der Waals surface area contributed by atoms with Crippen LogP contribution in [0.5, 0.6) is 11.5 Å². The molecule has 0 saturated heterocycles. The number of fused-ring (bicyclic) bond motifs is 2. The normalized spacial score (nSPS) is 13.1. The zero-order chi connectivity index (χ0) is 15.1. The minimum atomic E-state index is 0.493. The van der Waals surface area contributed by atoms with Crippen LogP contribution >= 0.6 is 15.9 Å². The van der Waals surface area contributed by atoms with Crippen LogP contribution in [-0.4, -0.2) is 22.6 Å². The fraction of sp³-hybridized carbons (Fsp3) is 0.125. The van der Waals surface area contributed by atoms with Crippen LogP contribution in [0.1, 0.15) is 5.69 Å². The Labute approximate surface area is 134 Å². The number of nitrogens with zero attached hydrogens (tertiary/aromatic N) is 3. The minimum absolute atomic E-state index is 0.493. The Morgan fingerprint density at radius 1 is 1.14 bits per heavy atom. The maximum Gasteiger partial charge on any atom is 0.162 e. The van der Waals surface area contributed by atoms with E-state index in [2.05, 4.69) is 27.0 Å². The van der Waals surface area contributed by atoms with Crippen LogP contribution in [0.3, 0.4) is 0 Å². The molecular weight excluding hydrogens is 346 g/mol. The average Bonchev–Trinajstić information content (AvgIpc) is 2.92. The Morgan fingerprint density at radius 2 is 1.95 bits per heavy atom. The zero-order valence-electron chi connectivity index (χ0n) is 11.4. The molecule has 2 aromatic heterocycles. The van der Waals surface area contributed by atoms with Crippen molar-refractivity contribution in [2.45, 2.75) is 0 Å². The second kappa shape index (κ2) is 5.04. The van der Waals surface area contributed by atoms with Crippen molar-refractivity contribution >= 4 is 21.6 Å². The number of imidazole rings is 1. The van der Waals surface area contributed by atoms with Crippen LogP contribution in [0.2, 0.25) is 0 Å². The number of ether oxygens (including phenoxy) is 2. The highest BCUT2D eigenvalue weighted by molar-refractivity contribution is 9.10. The van der Waals surface area contributed by atoms with Gasteiger partial charge in [-0.2, -0.15) is 5.26 Å². The van der Waals surface area contributed by atoms with Gasteiger partial charge in [0.15, 0.2) is 17.2 Å². The van der Waals surface area contributed by atoms with E-state index in [1.807, 2.05) is 36.5 Å². The molecule has 0 aliphatic carbocycles. The number of nitriles is 1. The highest BCUT2D eigenvalue weighted by atomic mass is 79.9. The number of benzene rings is 1. The van der Waals surface area contributed by atoms with Gasteiger partial charge in [-0.25, -0.2) is 4.98 Å². The van der Waals surface area contributed by atoms with E-state index in [1.54, 1.807) is 4.40 Å². The molecule has 22 heavy (non-hydrogen) atoms. The number of aromatic nitrogens is 2. The van der Waals surface area contributed by atoms with Gasteiger partial charge in [0, 0.05) is 16.2 Å². The van der Waals surface area contributed by atoms with Crippen LogP contribution in [-0.2, 0) is 0 Å². The summed E-state index contributed by atoms with van der Waals surface area (Å²) in [6.45, 7) is 1.08. The summed E-state index contributed by atoms with van der Waals surface area (Å²) in [6, 6.07) is 11.6. The molecular formula is C16H10BrN3O2. The Hall–Kier alpha value is -2.52. The molecule has 0 fully saturated rings. The van der Waals surface area contributed by atoms with Gasteiger partial charge in [-0.15, -0.1) is 0 Å². The predicted molar refractivity (Wildman–Crippen MR) is 84.0 cm³/mol. The van der Waals surface area contributed by atoms with Crippen molar-refractivity contribution in [2.75, 3.05) is 13.2 Å². The van der Waals surface area contributed by atoms with Crippen LogP contribution in [0.4, 0.5) is 0 Å². The maximum absolute atomic E-state index is 9.51. The largest absolute Gasteiger partial charge is 0.486 e. The number of halogens is 1. The third-order valence-electron chi connectivity index (χ3n) is 3.50. The van der Waals surface area contributed by atoms with Gasteiger partial charge in [0.2, 0.25) is 0 Å². The Morgan fingerprint density at radius 3 is 2.77 bits per heavy atom. The van der Waals surface area contributed by atoms with E-state index in [1.165, 1.54) is 0 Å². The molecule has 0 unspecified atom stereocenters. The molecule has 1 aliphatic heterocycles. The first kappa shape index (κ1) is 13.2. The summed E-state index contributed by atoms with van der Waals surface area (Å²) < 4.78 is 13.8.